The highest BCUT2D eigenvalue weighted by Crippen LogP contribution is 2.19. The minimum Gasteiger partial charge on any atom is -0.378 e. The Bertz CT molecular complexity index is 502. The molecule has 0 aliphatic carbocycles. The van der Waals surface area contributed by atoms with E-state index in [4.69, 9.17) is 4.74 Å². The molecule has 1 aliphatic heterocycles. The molecule has 98 valence electrons. The highest BCUT2D eigenvalue weighted by Gasteiger charge is 2.18. The largest absolute Gasteiger partial charge is 0.378 e. The van der Waals surface area contributed by atoms with Crippen molar-refractivity contribution in [2.24, 2.45) is 0 Å². The lowest BCUT2D eigenvalue weighted by molar-refractivity contribution is 0.111. The van der Waals surface area contributed by atoms with E-state index in [0.717, 1.165) is 24.5 Å². The predicted octanol–water partition coefficient (Wildman–Crippen LogP) is 0.826. The monoisotopic (exact) mass is 250 g/mol. The quantitative estimate of drug-likeness (QED) is 0.745. The van der Waals surface area contributed by atoms with Crippen molar-refractivity contribution in [3.8, 4) is 0 Å². The van der Waals surface area contributed by atoms with Crippen molar-refractivity contribution in [1.29, 1.82) is 0 Å². The molecule has 1 aromatic heterocycles. The molecular formula is C13H18N2O3. The van der Waals surface area contributed by atoms with Crippen molar-refractivity contribution in [3.63, 3.8) is 0 Å². The van der Waals surface area contributed by atoms with E-state index in [-0.39, 0.29) is 11.1 Å². The highest BCUT2D eigenvalue weighted by molar-refractivity contribution is 5.84. The molecule has 1 fully saturated rings. The van der Waals surface area contributed by atoms with Crippen LogP contribution < -0.4 is 10.5 Å². The lowest BCUT2D eigenvalue weighted by Gasteiger charge is -2.30. The van der Waals surface area contributed by atoms with E-state index in [2.05, 4.69) is 0 Å². The first-order valence-corrected chi connectivity index (χ1v) is 6.21. The molecule has 0 unspecified atom stereocenters. The number of morpholine rings is 1. The number of aromatic nitrogens is 1. The molecular weight excluding hydrogens is 232 g/mol. The van der Waals surface area contributed by atoms with Gasteiger partial charge in [0, 0.05) is 25.3 Å². The first kappa shape index (κ1) is 12.8. The molecule has 1 aromatic rings. The number of carbonyl (C=O) groups is 1. The van der Waals surface area contributed by atoms with Crippen molar-refractivity contribution in [2.45, 2.75) is 20.4 Å². The van der Waals surface area contributed by atoms with Gasteiger partial charge in [-0.3, -0.25) is 9.59 Å². The van der Waals surface area contributed by atoms with Crippen LogP contribution in [0.4, 0.5) is 5.69 Å². The number of anilines is 1. The summed E-state index contributed by atoms with van der Waals surface area (Å²) in [5, 5.41) is 0. The Kier molecular flexibility index (Phi) is 3.81. The zero-order valence-electron chi connectivity index (χ0n) is 10.8. The molecule has 1 saturated heterocycles. The average Bonchev–Trinajstić information content (AvgIpc) is 2.39. The summed E-state index contributed by atoms with van der Waals surface area (Å²) in [7, 11) is 0. The van der Waals surface area contributed by atoms with Crippen molar-refractivity contribution in [1.82, 2.24) is 4.57 Å². The number of aldehydes is 1. The van der Waals surface area contributed by atoms with Gasteiger partial charge < -0.3 is 14.2 Å². The molecule has 2 rings (SSSR count). The third kappa shape index (κ3) is 2.18. The predicted molar refractivity (Wildman–Crippen MR) is 69.5 cm³/mol. The number of rotatable bonds is 3. The third-order valence-corrected chi connectivity index (χ3v) is 3.31. The van der Waals surface area contributed by atoms with Gasteiger partial charge >= 0.3 is 0 Å². The molecule has 0 aromatic carbocycles. The molecule has 0 bridgehead atoms. The molecule has 18 heavy (non-hydrogen) atoms. The Morgan fingerprint density at radius 2 is 2.06 bits per heavy atom. The Hall–Kier alpha value is -1.62. The maximum Gasteiger partial charge on any atom is 0.263 e. The summed E-state index contributed by atoms with van der Waals surface area (Å²) < 4.78 is 6.91. The number of carbonyl (C=O) groups excluding carboxylic acids is 1. The third-order valence-electron chi connectivity index (χ3n) is 3.31. The molecule has 0 saturated carbocycles. The van der Waals surface area contributed by atoms with E-state index >= 15 is 0 Å². The second-order valence-electron chi connectivity index (χ2n) is 4.35. The molecule has 0 N–H and O–H groups in total. The average molecular weight is 250 g/mol. The fourth-order valence-electron chi connectivity index (χ4n) is 2.34. The Labute approximate surface area is 106 Å². The van der Waals surface area contributed by atoms with Crippen LogP contribution in [0.5, 0.6) is 0 Å². The molecule has 1 aliphatic rings. The molecule has 5 nitrogen and oxygen atoms in total. The van der Waals surface area contributed by atoms with Crippen LogP contribution in [0.2, 0.25) is 0 Å². The van der Waals surface area contributed by atoms with Crippen LogP contribution in [-0.4, -0.2) is 37.2 Å². The van der Waals surface area contributed by atoms with E-state index in [1.807, 2.05) is 24.8 Å². The fourth-order valence-corrected chi connectivity index (χ4v) is 2.34. The van der Waals surface area contributed by atoms with Gasteiger partial charge in [-0.2, -0.15) is 0 Å². The molecule has 2 heterocycles. The van der Waals surface area contributed by atoms with Crippen LogP contribution >= 0.6 is 0 Å². The van der Waals surface area contributed by atoms with Crippen molar-refractivity contribution >= 4 is 12.0 Å². The summed E-state index contributed by atoms with van der Waals surface area (Å²) >= 11 is 0. The second kappa shape index (κ2) is 5.35. The van der Waals surface area contributed by atoms with Gasteiger partial charge in [0.25, 0.3) is 5.56 Å². The summed E-state index contributed by atoms with van der Waals surface area (Å²) in [4.78, 5) is 25.4. The van der Waals surface area contributed by atoms with Crippen molar-refractivity contribution < 1.29 is 9.53 Å². The van der Waals surface area contributed by atoms with E-state index in [1.54, 1.807) is 4.57 Å². The summed E-state index contributed by atoms with van der Waals surface area (Å²) in [5.41, 5.74) is 1.67. The normalized spacial score (nSPS) is 15.8. The van der Waals surface area contributed by atoms with Crippen LogP contribution in [0.1, 0.15) is 23.0 Å². The number of aryl methyl sites for hydroxylation is 1. The van der Waals surface area contributed by atoms with Crippen LogP contribution in [0.25, 0.3) is 0 Å². The fraction of sp³-hybridized carbons (Fsp3) is 0.538. The summed E-state index contributed by atoms with van der Waals surface area (Å²) in [6, 6.07) is 1.92. The lowest BCUT2D eigenvalue weighted by atomic mass is 10.1. The number of ether oxygens (including phenoxy) is 1. The van der Waals surface area contributed by atoms with E-state index in [1.165, 1.54) is 0 Å². The standard InChI is InChI=1S/C13H18N2O3/c1-3-15-10(2)8-12(11(9-16)13(15)17)14-4-6-18-7-5-14/h8-9H,3-7H2,1-2H3. The Balaban J connectivity index is 2.52. The van der Waals surface area contributed by atoms with Crippen LogP contribution in [0, 0.1) is 6.92 Å². The van der Waals surface area contributed by atoms with E-state index in [0.29, 0.717) is 26.0 Å². The first-order valence-electron chi connectivity index (χ1n) is 6.21. The van der Waals surface area contributed by atoms with Crippen LogP contribution in [0.3, 0.4) is 0 Å². The molecule has 5 heteroatoms. The van der Waals surface area contributed by atoms with E-state index < -0.39 is 0 Å². The van der Waals surface area contributed by atoms with Gasteiger partial charge in [0.15, 0.2) is 6.29 Å². The first-order chi connectivity index (χ1) is 8.69. The smallest absolute Gasteiger partial charge is 0.263 e. The maximum atomic E-state index is 12.2. The second-order valence-corrected chi connectivity index (χ2v) is 4.35. The van der Waals surface area contributed by atoms with Gasteiger partial charge in [-0.05, 0) is 19.9 Å². The van der Waals surface area contributed by atoms with Gasteiger partial charge in [0.2, 0.25) is 0 Å². The molecule has 0 amide bonds. The highest BCUT2D eigenvalue weighted by atomic mass is 16.5. The Morgan fingerprint density at radius 1 is 1.39 bits per heavy atom. The number of hydrogen-bond donors (Lipinski definition) is 0. The summed E-state index contributed by atoms with van der Waals surface area (Å²) in [5.74, 6) is 0. The van der Waals surface area contributed by atoms with Gasteiger partial charge in [0.05, 0.1) is 18.9 Å². The maximum absolute atomic E-state index is 12.2. The van der Waals surface area contributed by atoms with E-state index in [9.17, 15) is 9.59 Å². The minimum atomic E-state index is -0.200. The topological polar surface area (TPSA) is 51.5 Å². The number of pyridine rings is 1. The van der Waals surface area contributed by atoms with Gasteiger partial charge in [-0.25, -0.2) is 0 Å². The van der Waals surface area contributed by atoms with Crippen molar-refractivity contribution in [2.75, 3.05) is 31.2 Å². The van der Waals surface area contributed by atoms with Crippen LogP contribution in [0.15, 0.2) is 10.9 Å². The molecule has 0 radical (unpaired) electrons. The summed E-state index contributed by atoms with van der Waals surface area (Å²) in [6.45, 7) is 7.07. The lowest BCUT2D eigenvalue weighted by Crippen LogP contribution is -2.39. The zero-order valence-corrected chi connectivity index (χ0v) is 10.8. The van der Waals surface area contributed by atoms with Crippen molar-refractivity contribution in [3.05, 3.63) is 27.7 Å². The molecule has 0 spiro atoms. The number of hydrogen-bond acceptors (Lipinski definition) is 4. The number of nitrogens with zero attached hydrogens (tertiary/aromatic N) is 2. The SMILES string of the molecule is CCn1c(C)cc(N2CCOCC2)c(C=O)c1=O. The molecule has 0 atom stereocenters. The van der Waals surface area contributed by atoms with Gasteiger partial charge in [-0.1, -0.05) is 0 Å². The summed E-state index contributed by atoms with van der Waals surface area (Å²) in [6.07, 6.45) is 0.665. The minimum absolute atomic E-state index is 0.200. The van der Waals surface area contributed by atoms with Gasteiger partial charge in [-0.15, -0.1) is 0 Å². The Morgan fingerprint density at radius 3 is 2.61 bits per heavy atom. The zero-order chi connectivity index (χ0) is 13.1. The van der Waals surface area contributed by atoms with Crippen LogP contribution in [-0.2, 0) is 11.3 Å². The van der Waals surface area contributed by atoms with Gasteiger partial charge in [0.1, 0.15) is 5.56 Å².